The number of nitrogens with zero attached hydrogens (tertiary/aromatic N) is 1. The summed E-state index contributed by atoms with van der Waals surface area (Å²) in [6.45, 7) is 0.691. The van der Waals surface area contributed by atoms with Gasteiger partial charge >= 0.3 is 11.9 Å². The minimum Gasteiger partial charge on any atom is -0.486 e. The fraction of sp³-hybridized carbons (Fsp3) is 0.385. The van der Waals surface area contributed by atoms with E-state index in [1.54, 1.807) is 0 Å². The van der Waals surface area contributed by atoms with Gasteiger partial charge in [-0.1, -0.05) is 0 Å². The topological polar surface area (TPSA) is 114 Å². The maximum Gasteiger partial charge on any atom is 0.347 e. The molecule has 0 aromatic heterocycles. The second kappa shape index (κ2) is 5.51. The number of nitro groups is 1. The van der Waals surface area contributed by atoms with E-state index >= 15 is 0 Å². The van der Waals surface area contributed by atoms with Crippen molar-refractivity contribution in [2.75, 3.05) is 19.8 Å². The van der Waals surface area contributed by atoms with Crippen LogP contribution in [0.3, 0.4) is 0 Å². The van der Waals surface area contributed by atoms with Gasteiger partial charge in [-0.3, -0.25) is 10.1 Å². The predicted molar refractivity (Wildman–Crippen MR) is 68.9 cm³/mol. The summed E-state index contributed by atoms with van der Waals surface area (Å²) in [6, 6.07) is 2.30. The van der Waals surface area contributed by atoms with Gasteiger partial charge in [0.25, 0.3) is 5.69 Å². The number of carbonyl (C=O) groups is 2. The monoisotopic (exact) mass is 309 g/mol. The van der Waals surface area contributed by atoms with Crippen LogP contribution in [0.25, 0.3) is 0 Å². The van der Waals surface area contributed by atoms with Crippen molar-refractivity contribution in [3.05, 3.63) is 27.8 Å². The first kappa shape index (κ1) is 14.1. The summed E-state index contributed by atoms with van der Waals surface area (Å²) in [5, 5.41) is 11.1. The van der Waals surface area contributed by atoms with E-state index < -0.39 is 28.7 Å². The molecule has 0 aliphatic carbocycles. The van der Waals surface area contributed by atoms with E-state index in [1.807, 2.05) is 0 Å². The molecule has 1 aromatic carbocycles. The Labute approximate surface area is 123 Å². The summed E-state index contributed by atoms with van der Waals surface area (Å²) in [4.78, 5) is 33.8. The van der Waals surface area contributed by atoms with E-state index in [2.05, 4.69) is 4.74 Å². The molecule has 9 nitrogen and oxygen atoms in total. The predicted octanol–water partition coefficient (Wildman–Crippen LogP) is 0.838. The fourth-order valence-electron chi connectivity index (χ4n) is 2.17. The number of benzene rings is 1. The number of fused-ring (bicyclic) bond motifs is 1. The molecule has 9 heteroatoms. The molecule has 0 unspecified atom stereocenters. The van der Waals surface area contributed by atoms with Crippen LogP contribution in [0.5, 0.6) is 11.5 Å². The lowest BCUT2D eigenvalue weighted by Gasteiger charge is -2.19. The molecule has 116 valence electrons. The van der Waals surface area contributed by atoms with Crippen LogP contribution in [0.15, 0.2) is 12.1 Å². The molecule has 0 spiro atoms. The lowest BCUT2D eigenvalue weighted by atomic mass is 10.1. The summed E-state index contributed by atoms with van der Waals surface area (Å²) in [7, 11) is 0. The number of hydrogen-bond donors (Lipinski definition) is 0. The molecule has 1 aromatic rings. The highest BCUT2D eigenvalue weighted by molar-refractivity contribution is 5.96. The van der Waals surface area contributed by atoms with Crippen LogP contribution in [0.1, 0.15) is 16.8 Å². The van der Waals surface area contributed by atoms with Gasteiger partial charge in [-0.05, 0) is 0 Å². The summed E-state index contributed by atoms with van der Waals surface area (Å²) < 4.78 is 20.2. The van der Waals surface area contributed by atoms with Crippen molar-refractivity contribution in [2.24, 2.45) is 0 Å². The van der Waals surface area contributed by atoms with Crippen LogP contribution < -0.4 is 9.47 Å². The van der Waals surface area contributed by atoms with E-state index in [0.717, 1.165) is 6.07 Å². The molecule has 0 radical (unpaired) electrons. The second-order valence-corrected chi connectivity index (χ2v) is 4.62. The Bertz CT molecular complexity index is 656. The zero-order valence-corrected chi connectivity index (χ0v) is 11.3. The first-order chi connectivity index (χ1) is 10.6. The van der Waals surface area contributed by atoms with Gasteiger partial charge in [-0.15, -0.1) is 0 Å². The fourth-order valence-corrected chi connectivity index (χ4v) is 2.17. The Hall–Kier alpha value is -2.84. The van der Waals surface area contributed by atoms with Gasteiger partial charge in [0.05, 0.1) is 17.6 Å². The van der Waals surface area contributed by atoms with Gasteiger partial charge in [-0.2, -0.15) is 0 Å². The normalized spacial score (nSPS) is 19.5. The van der Waals surface area contributed by atoms with Crippen LogP contribution in [0, 0.1) is 10.1 Å². The number of rotatable bonds is 3. The third-order valence-corrected chi connectivity index (χ3v) is 3.21. The van der Waals surface area contributed by atoms with Gasteiger partial charge in [0.2, 0.25) is 6.10 Å². The third-order valence-electron chi connectivity index (χ3n) is 3.21. The molecular weight excluding hydrogens is 298 g/mol. The van der Waals surface area contributed by atoms with Crippen LogP contribution in [0.4, 0.5) is 5.69 Å². The Morgan fingerprint density at radius 1 is 1.18 bits per heavy atom. The number of hydrogen-bond acceptors (Lipinski definition) is 8. The van der Waals surface area contributed by atoms with E-state index in [1.165, 1.54) is 6.07 Å². The van der Waals surface area contributed by atoms with Crippen LogP contribution in [-0.4, -0.2) is 42.8 Å². The van der Waals surface area contributed by atoms with Crippen molar-refractivity contribution in [3.8, 4) is 11.5 Å². The standard InChI is InChI=1S/C13H11NO8/c15-12(22-9-1-2-21-13(9)16)7-5-10-11(20-4-3-19-10)6-8(7)14(17)18/h5-6,9H,1-4H2/t9-/m1/s1. The molecule has 0 N–H and O–H groups in total. The lowest BCUT2D eigenvalue weighted by molar-refractivity contribution is -0.385. The molecule has 2 aliphatic heterocycles. The van der Waals surface area contributed by atoms with Crippen molar-refractivity contribution in [1.82, 2.24) is 0 Å². The molecule has 1 saturated heterocycles. The van der Waals surface area contributed by atoms with E-state index in [-0.39, 0.29) is 43.3 Å². The van der Waals surface area contributed by atoms with Gasteiger partial charge in [0.1, 0.15) is 18.8 Å². The zero-order valence-electron chi connectivity index (χ0n) is 11.3. The Morgan fingerprint density at radius 2 is 1.86 bits per heavy atom. The molecule has 2 heterocycles. The maximum absolute atomic E-state index is 12.1. The zero-order chi connectivity index (χ0) is 15.7. The molecule has 1 fully saturated rings. The maximum atomic E-state index is 12.1. The van der Waals surface area contributed by atoms with E-state index in [9.17, 15) is 19.7 Å². The lowest BCUT2D eigenvalue weighted by Crippen LogP contribution is -2.23. The van der Waals surface area contributed by atoms with Crippen molar-refractivity contribution >= 4 is 17.6 Å². The molecule has 0 bridgehead atoms. The highest BCUT2D eigenvalue weighted by atomic mass is 16.6. The van der Waals surface area contributed by atoms with Gasteiger partial charge in [-0.25, -0.2) is 9.59 Å². The Balaban J connectivity index is 1.92. The molecule has 3 rings (SSSR count). The molecule has 22 heavy (non-hydrogen) atoms. The Morgan fingerprint density at radius 3 is 2.45 bits per heavy atom. The second-order valence-electron chi connectivity index (χ2n) is 4.62. The highest BCUT2D eigenvalue weighted by Gasteiger charge is 2.34. The minimum absolute atomic E-state index is 0.153. The molecule has 0 amide bonds. The van der Waals surface area contributed by atoms with Crippen LogP contribution >= 0.6 is 0 Å². The van der Waals surface area contributed by atoms with Gasteiger partial charge in [0.15, 0.2) is 11.5 Å². The number of carbonyl (C=O) groups excluding carboxylic acids is 2. The first-order valence-corrected chi connectivity index (χ1v) is 6.52. The Kier molecular flexibility index (Phi) is 3.53. The summed E-state index contributed by atoms with van der Waals surface area (Å²) in [6.07, 6.45) is -0.816. The van der Waals surface area contributed by atoms with Crippen LogP contribution in [0.2, 0.25) is 0 Å². The van der Waals surface area contributed by atoms with Crippen molar-refractivity contribution in [3.63, 3.8) is 0 Å². The van der Waals surface area contributed by atoms with Crippen molar-refractivity contribution in [1.29, 1.82) is 0 Å². The summed E-state index contributed by atoms with van der Waals surface area (Å²) in [5.74, 6) is -1.23. The third kappa shape index (κ3) is 2.52. The smallest absolute Gasteiger partial charge is 0.347 e. The number of cyclic esters (lactones) is 1. The number of esters is 2. The molecule has 2 aliphatic rings. The SMILES string of the molecule is O=C(O[C@@H]1CCOC1=O)c1cc2c(cc1[N+](=O)[O-])OCCO2. The van der Waals surface area contributed by atoms with Gasteiger partial charge in [0, 0.05) is 12.5 Å². The highest BCUT2D eigenvalue weighted by Crippen LogP contribution is 2.37. The average molecular weight is 309 g/mol. The van der Waals surface area contributed by atoms with Gasteiger partial charge < -0.3 is 18.9 Å². The molecule has 0 saturated carbocycles. The number of ether oxygens (including phenoxy) is 4. The summed E-state index contributed by atoms with van der Waals surface area (Å²) >= 11 is 0. The van der Waals surface area contributed by atoms with Crippen molar-refractivity contribution in [2.45, 2.75) is 12.5 Å². The minimum atomic E-state index is -1.04. The van der Waals surface area contributed by atoms with E-state index in [0.29, 0.717) is 0 Å². The summed E-state index contributed by atoms with van der Waals surface area (Å²) in [5.41, 5.74) is -0.769. The average Bonchev–Trinajstić information content (AvgIpc) is 2.91. The molecule has 1 atom stereocenters. The molecular formula is C13H11NO8. The van der Waals surface area contributed by atoms with Crippen LogP contribution in [-0.2, 0) is 14.3 Å². The van der Waals surface area contributed by atoms with Crippen molar-refractivity contribution < 1.29 is 33.5 Å². The quantitative estimate of drug-likeness (QED) is 0.458. The first-order valence-electron chi connectivity index (χ1n) is 6.52. The van der Waals surface area contributed by atoms with E-state index in [4.69, 9.17) is 14.2 Å². The largest absolute Gasteiger partial charge is 0.486 e. The number of nitro benzene ring substituents is 1.